The van der Waals surface area contributed by atoms with Crippen molar-refractivity contribution in [1.29, 1.82) is 0 Å². The predicted molar refractivity (Wildman–Crippen MR) is 86.8 cm³/mol. The summed E-state index contributed by atoms with van der Waals surface area (Å²) in [6.07, 6.45) is 0. The minimum atomic E-state index is -3.71. The Balaban J connectivity index is 1.71. The molecule has 1 aliphatic heterocycles. The fraction of sp³-hybridized carbons (Fsp3) is 0.133. The fourth-order valence-electron chi connectivity index (χ4n) is 2.23. The second kappa shape index (κ2) is 5.95. The SMILES string of the molecule is O=C1c2ccccc2S(=O)(=O)N1CCSc1ccc(Cl)cc1. The number of carbonyl (C=O) groups excluding carboxylic acids is 1. The maximum atomic E-state index is 12.4. The third-order valence-corrected chi connectivity index (χ3v) is 6.37. The predicted octanol–water partition coefficient (Wildman–Crippen LogP) is 3.28. The molecule has 0 N–H and O–H groups in total. The average molecular weight is 354 g/mol. The zero-order valence-electron chi connectivity index (χ0n) is 11.4. The molecule has 2 aromatic carbocycles. The Morgan fingerprint density at radius 2 is 1.73 bits per heavy atom. The second-order valence-electron chi connectivity index (χ2n) is 4.68. The van der Waals surface area contributed by atoms with Crippen molar-refractivity contribution in [2.45, 2.75) is 9.79 Å². The molecule has 0 saturated heterocycles. The van der Waals surface area contributed by atoms with Gasteiger partial charge in [-0.15, -0.1) is 11.8 Å². The van der Waals surface area contributed by atoms with Gasteiger partial charge in [0.05, 0.1) is 5.56 Å². The second-order valence-corrected chi connectivity index (χ2v) is 8.12. The van der Waals surface area contributed by atoms with E-state index in [1.165, 1.54) is 17.8 Å². The number of fused-ring (bicyclic) bond motifs is 1. The van der Waals surface area contributed by atoms with Crippen LogP contribution in [0.1, 0.15) is 10.4 Å². The van der Waals surface area contributed by atoms with E-state index in [-0.39, 0.29) is 17.0 Å². The van der Waals surface area contributed by atoms with Gasteiger partial charge in [-0.25, -0.2) is 12.7 Å². The molecule has 7 heteroatoms. The minimum absolute atomic E-state index is 0.0940. The maximum absolute atomic E-state index is 12.4. The van der Waals surface area contributed by atoms with Gasteiger partial charge < -0.3 is 0 Å². The van der Waals surface area contributed by atoms with Crippen LogP contribution in [0.5, 0.6) is 0 Å². The highest BCUT2D eigenvalue weighted by molar-refractivity contribution is 7.99. The summed E-state index contributed by atoms with van der Waals surface area (Å²) in [7, 11) is -3.71. The smallest absolute Gasteiger partial charge is 0.268 e. The Labute approximate surface area is 138 Å². The van der Waals surface area contributed by atoms with Crippen molar-refractivity contribution in [1.82, 2.24) is 4.31 Å². The van der Waals surface area contributed by atoms with E-state index in [1.54, 1.807) is 30.3 Å². The lowest BCUT2D eigenvalue weighted by Gasteiger charge is -2.14. The average Bonchev–Trinajstić information content (AvgIpc) is 2.70. The summed E-state index contributed by atoms with van der Waals surface area (Å²) < 4.78 is 25.7. The van der Waals surface area contributed by atoms with E-state index in [0.29, 0.717) is 10.8 Å². The number of carbonyl (C=O) groups is 1. The Morgan fingerprint density at radius 3 is 2.41 bits per heavy atom. The van der Waals surface area contributed by atoms with Gasteiger partial charge in [-0.3, -0.25) is 4.79 Å². The minimum Gasteiger partial charge on any atom is -0.268 e. The topological polar surface area (TPSA) is 54.5 Å². The zero-order valence-corrected chi connectivity index (χ0v) is 13.8. The number of rotatable bonds is 4. The number of halogens is 1. The van der Waals surface area contributed by atoms with Crippen LogP contribution in [0.3, 0.4) is 0 Å². The summed E-state index contributed by atoms with van der Waals surface area (Å²) in [6, 6.07) is 13.6. The number of hydrogen-bond acceptors (Lipinski definition) is 4. The molecule has 0 aromatic heterocycles. The van der Waals surface area contributed by atoms with E-state index >= 15 is 0 Å². The van der Waals surface area contributed by atoms with Crippen molar-refractivity contribution < 1.29 is 13.2 Å². The van der Waals surface area contributed by atoms with Crippen molar-refractivity contribution in [2.24, 2.45) is 0 Å². The summed E-state index contributed by atoms with van der Waals surface area (Å²) in [5, 5.41) is 0.650. The van der Waals surface area contributed by atoms with Gasteiger partial charge in [0.25, 0.3) is 15.9 Å². The van der Waals surface area contributed by atoms with Gasteiger partial charge >= 0.3 is 0 Å². The Kier molecular flexibility index (Phi) is 4.16. The van der Waals surface area contributed by atoms with Crippen molar-refractivity contribution >= 4 is 39.3 Å². The molecule has 0 saturated carbocycles. The number of thioether (sulfide) groups is 1. The third-order valence-electron chi connectivity index (χ3n) is 3.29. The summed E-state index contributed by atoms with van der Waals surface area (Å²) in [5.74, 6) is 0.0351. The summed E-state index contributed by atoms with van der Waals surface area (Å²) >= 11 is 7.30. The molecule has 114 valence electrons. The fourth-order valence-corrected chi connectivity index (χ4v) is 4.88. The number of benzene rings is 2. The first kappa shape index (κ1) is 15.4. The molecule has 0 spiro atoms. The normalized spacial score (nSPS) is 15.9. The summed E-state index contributed by atoms with van der Waals surface area (Å²) in [5.41, 5.74) is 0.249. The van der Waals surface area contributed by atoms with E-state index in [9.17, 15) is 13.2 Å². The standard InChI is InChI=1S/C15H12ClNO3S2/c16-11-5-7-12(8-6-11)21-10-9-17-15(18)13-3-1-2-4-14(13)22(17,19)20/h1-8H,9-10H2. The summed E-state index contributed by atoms with van der Waals surface area (Å²) in [4.78, 5) is 13.3. The first-order valence-electron chi connectivity index (χ1n) is 6.54. The molecular weight excluding hydrogens is 342 g/mol. The molecule has 1 aliphatic rings. The van der Waals surface area contributed by atoms with Gasteiger partial charge in [-0.2, -0.15) is 0 Å². The molecule has 2 aromatic rings. The number of hydrogen-bond donors (Lipinski definition) is 0. The quantitative estimate of drug-likeness (QED) is 0.791. The van der Waals surface area contributed by atoms with Crippen LogP contribution in [0.4, 0.5) is 0 Å². The molecule has 0 unspecified atom stereocenters. The van der Waals surface area contributed by atoms with Crippen LogP contribution in [-0.4, -0.2) is 30.9 Å². The summed E-state index contributed by atoms with van der Waals surface area (Å²) in [6.45, 7) is 0.142. The molecule has 0 fully saturated rings. The molecule has 0 atom stereocenters. The molecule has 1 amide bonds. The van der Waals surface area contributed by atoms with Gasteiger partial charge in [-0.05, 0) is 36.4 Å². The van der Waals surface area contributed by atoms with Crippen LogP contribution in [0.25, 0.3) is 0 Å². The Bertz CT molecular complexity index is 819. The van der Waals surface area contributed by atoms with E-state index in [1.807, 2.05) is 12.1 Å². The first-order chi connectivity index (χ1) is 10.5. The van der Waals surface area contributed by atoms with Crippen LogP contribution in [-0.2, 0) is 10.0 Å². The lowest BCUT2D eigenvalue weighted by Crippen LogP contribution is -2.32. The Morgan fingerprint density at radius 1 is 1.05 bits per heavy atom. The van der Waals surface area contributed by atoms with Gasteiger partial charge in [0.1, 0.15) is 4.90 Å². The highest BCUT2D eigenvalue weighted by Crippen LogP contribution is 2.30. The number of sulfonamides is 1. The van der Waals surface area contributed by atoms with Crippen LogP contribution in [0.2, 0.25) is 5.02 Å². The Hall–Kier alpha value is -1.50. The van der Waals surface area contributed by atoms with E-state index in [2.05, 4.69) is 0 Å². The largest absolute Gasteiger partial charge is 0.269 e. The van der Waals surface area contributed by atoms with Gasteiger partial charge in [0.2, 0.25) is 0 Å². The van der Waals surface area contributed by atoms with Crippen molar-refractivity contribution in [3.05, 3.63) is 59.1 Å². The van der Waals surface area contributed by atoms with Gasteiger partial charge in [0, 0.05) is 22.2 Å². The van der Waals surface area contributed by atoms with Crippen LogP contribution in [0.15, 0.2) is 58.3 Å². The van der Waals surface area contributed by atoms with Crippen LogP contribution in [0, 0.1) is 0 Å². The van der Waals surface area contributed by atoms with Crippen LogP contribution >= 0.6 is 23.4 Å². The lowest BCUT2D eigenvalue weighted by atomic mass is 10.2. The molecule has 0 radical (unpaired) electrons. The van der Waals surface area contributed by atoms with E-state index in [0.717, 1.165) is 9.20 Å². The molecule has 1 heterocycles. The molecule has 22 heavy (non-hydrogen) atoms. The van der Waals surface area contributed by atoms with Gasteiger partial charge in [0.15, 0.2) is 0 Å². The maximum Gasteiger partial charge on any atom is 0.269 e. The lowest BCUT2D eigenvalue weighted by molar-refractivity contribution is 0.0876. The molecule has 0 bridgehead atoms. The first-order valence-corrected chi connectivity index (χ1v) is 9.35. The molecule has 0 aliphatic carbocycles. The van der Waals surface area contributed by atoms with E-state index in [4.69, 9.17) is 11.6 Å². The molecular formula is C15H12ClNO3S2. The highest BCUT2D eigenvalue weighted by Gasteiger charge is 2.40. The van der Waals surface area contributed by atoms with Crippen molar-refractivity contribution in [3.63, 3.8) is 0 Å². The van der Waals surface area contributed by atoms with Gasteiger partial charge in [-0.1, -0.05) is 23.7 Å². The number of amides is 1. The third kappa shape index (κ3) is 2.74. The highest BCUT2D eigenvalue weighted by atomic mass is 35.5. The zero-order chi connectivity index (χ0) is 15.7. The number of nitrogens with zero attached hydrogens (tertiary/aromatic N) is 1. The molecule has 3 rings (SSSR count). The van der Waals surface area contributed by atoms with Crippen molar-refractivity contribution in [3.8, 4) is 0 Å². The monoisotopic (exact) mass is 353 g/mol. The van der Waals surface area contributed by atoms with Crippen molar-refractivity contribution in [2.75, 3.05) is 12.3 Å². The molecule has 4 nitrogen and oxygen atoms in total. The van der Waals surface area contributed by atoms with E-state index < -0.39 is 15.9 Å². The van der Waals surface area contributed by atoms with Crippen LogP contribution < -0.4 is 0 Å².